The van der Waals surface area contributed by atoms with E-state index in [0.717, 1.165) is 24.1 Å². The number of methoxy groups -OCH3 is 1. The Morgan fingerprint density at radius 3 is 2.72 bits per heavy atom. The molecule has 4 heteroatoms. The number of benzene rings is 3. The molecule has 144 valence electrons. The van der Waals surface area contributed by atoms with Crippen molar-refractivity contribution in [2.45, 2.75) is 25.2 Å². The van der Waals surface area contributed by atoms with Crippen LogP contribution < -0.4 is 0 Å². The molecule has 29 heavy (non-hydrogen) atoms. The van der Waals surface area contributed by atoms with E-state index in [9.17, 15) is 9.59 Å². The van der Waals surface area contributed by atoms with E-state index in [1.54, 1.807) is 6.07 Å². The maximum Gasteiger partial charge on any atom is 0.338 e. The third-order valence-corrected chi connectivity index (χ3v) is 6.01. The van der Waals surface area contributed by atoms with Gasteiger partial charge >= 0.3 is 5.97 Å². The van der Waals surface area contributed by atoms with E-state index in [4.69, 9.17) is 4.74 Å². The molecular formula is C25H21NO3. The number of Topliss-reactive ketones (excluding diaryl/α,β-unsaturated/α-hetero) is 1. The molecule has 0 saturated carbocycles. The van der Waals surface area contributed by atoms with Crippen molar-refractivity contribution in [2.75, 3.05) is 7.11 Å². The van der Waals surface area contributed by atoms with Crippen molar-refractivity contribution >= 4 is 33.4 Å². The van der Waals surface area contributed by atoms with Crippen LogP contribution in [0.2, 0.25) is 0 Å². The molecule has 1 aliphatic carbocycles. The maximum atomic E-state index is 12.9. The number of H-pyrrole nitrogens is 1. The summed E-state index contributed by atoms with van der Waals surface area (Å²) in [6, 6.07) is 20.2. The third kappa shape index (κ3) is 2.83. The number of fused-ring (bicyclic) bond motifs is 4. The molecule has 0 bridgehead atoms. The summed E-state index contributed by atoms with van der Waals surface area (Å²) in [7, 11) is 1.37. The second-order valence-corrected chi connectivity index (χ2v) is 7.63. The van der Waals surface area contributed by atoms with E-state index in [-0.39, 0.29) is 11.7 Å². The summed E-state index contributed by atoms with van der Waals surface area (Å²) < 4.78 is 4.95. The number of hydrogen-bond donors (Lipinski definition) is 1. The van der Waals surface area contributed by atoms with Gasteiger partial charge in [0.1, 0.15) is 0 Å². The average molecular weight is 383 g/mol. The highest BCUT2D eigenvalue weighted by Crippen LogP contribution is 2.40. The second-order valence-electron chi connectivity index (χ2n) is 7.63. The molecule has 1 aromatic heterocycles. The fraction of sp³-hybridized carbons (Fsp3) is 0.200. The molecule has 3 aromatic carbocycles. The van der Waals surface area contributed by atoms with Crippen LogP contribution in [0.25, 0.3) is 21.7 Å². The number of esters is 1. The maximum absolute atomic E-state index is 12.9. The molecule has 1 unspecified atom stereocenters. The number of hydrogen-bond acceptors (Lipinski definition) is 3. The summed E-state index contributed by atoms with van der Waals surface area (Å²) in [4.78, 5) is 28.6. The van der Waals surface area contributed by atoms with Gasteiger partial charge in [-0.1, -0.05) is 48.5 Å². The lowest BCUT2D eigenvalue weighted by molar-refractivity contribution is 0.0603. The molecule has 0 fully saturated rings. The van der Waals surface area contributed by atoms with Crippen molar-refractivity contribution in [3.05, 3.63) is 83.0 Å². The molecule has 4 aromatic rings. The molecule has 0 aliphatic heterocycles. The third-order valence-electron chi connectivity index (χ3n) is 6.01. The largest absolute Gasteiger partial charge is 0.465 e. The van der Waals surface area contributed by atoms with Crippen LogP contribution in [0.4, 0.5) is 0 Å². The van der Waals surface area contributed by atoms with Crippen LogP contribution >= 0.6 is 0 Å². The Balaban J connectivity index is 1.65. The zero-order valence-corrected chi connectivity index (χ0v) is 16.2. The number of nitrogens with one attached hydrogen (secondary N) is 1. The van der Waals surface area contributed by atoms with Crippen LogP contribution in [0.3, 0.4) is 0 Å². The first-order valence-electron chi connectivity index (χ1n) is 9.90. The van der Waals surface area contributed by atoms with Crippen LogP contribution in [0.5, 0.6) is 0 Å². The highest BCUT2D eigenvalue weighted by Gasteiger charge is 2.32. The Morgan fingerprint density at radius 2 is 1.86 bits per heavy atom. The summed E-state index contributed by atoms with van der Waals surface area (Å²) in [5, 5.41) is 3.17. The molecule has 0 radical (unpaired) electrons. The van der Waals surface area contributed by atoms with Gasteiger partial charge in [0.15, 0.2) is 5.78 Å². The number of ether oxygens (including phenoxy) is 1. The van der Waals surface area contributed by atoms with E-state index >= 15 is 0 Å². The van der Waals surface area contributed by atoms with Crippen molar-refractivity contribution in [1.29, 1.82) is 0 Å². The number of aromatic amines is 1. The first kappa shape index (κ1) is 17.7. The lowest BCUT2D eigenvalue weighted by Gasteiger charge is -2.23. The van der Waals surface area contributed by atoms with Gasteiger partial charge in [-0.3, -0.25) is 4.79 Å². The number of aromatic nitrogens is 1. The fourth-order valence-corrected chi connectivity index (χ4v) is 4.66. The van der Waals surface area contributed by atoms with Gasteiger partial charge in [0, 0.05) is 34.5 Å². The quantitative estimate of drug-likeness (QED) is 0.481. The zero-order valence-electron chi connectivity index (χ0n) is 16.2. The number of ketones is 1. The van der Waals surface area contributed by atoms with Gasteiger partial charge in [-0.25, -0.2) is 4.79 Å². The van der Waals surface area contributed by atoms with E-state index in [1.165, 1.54) is 23.4 Å². The van der Waals surface area contributed by atoms with Gasteiger partial charge < -0.3 is 9.72 Å². The van der Waals surface area contributed by atoms with Crippen LogP contribution in [-0.4, -0.2) is 23.8 Å². The molecule has 0 saturated heterocycles. The summed E-state index contributed by atoms with van der Waals surface area (Å²) in [5.41, 5.74) is 4.15. The molecule has 0 amide bonds. The Bertz CT molecular complexity index is 1260. The normalized spacial score (nSPS) is 16.2. The van der Waals surface area contributed by atoms with Crippen molar-refractivity contribution in [3.8, 4) is 0 Å². The molecule has 1 atom stereocenters. The molecule has 1 heterocycles. The van der Waals surface area contributed by atoms with Gasteiger partial charge in [-0.15, -0.1) is 0 Å². The van der Waals surface area contributed by atoms with Gasteiger partial charge in [0.05, 0.1) is 12.7 Å². The smallest absolute Gasteiger partial charge is 0.338 e. The lowest BCUT2D eigenvalue weighted by Crippen LogP contribution is -2.17. The molecule has 1 aliphatic rings. The standard InChI is InChI=1S/C25H21NO3/c1-29-25(28)19-10-5-11-20-22(19)23-21(27)13-12-17(24(23)26-20)14-16-8-4-7-15-6-2-3-9-18(15)16/h2-11,17,26H,12-14H2,1H3. The highest BCUT2D eigenvalue weighted by atomic mass is 16.5. The summed E-state index contributed by atoms with van der Waals surface area (Å²) in [6.45, 7) is 0. The van der Waals surface area contributed by atoms with Gasteiger partial charge in [0.2, 0.25) is 0 Å². The summed E-state index contributed by atoms with van der Waals surface area (Å²) in [5.74, 6) is -0.121. The number of rotatable bonds is 3. The molecule has 0 spiro atoms. The number of carbonyl (C=O) groups is 2. The Hall–Kier alpha value is -3.40. The topological polar surface area (TPSA) is 59.2 Å². The van der Waals surface area contributed by atoms with Crippen molar-refractivity contribution < 1.29 is 14.3 Å². The number of carbonyl (C=O) groups excluding carboxylic acids is 2. The molecule has 1 N–H and O–H groups in total. The zero-order chi connectivity index (χ0) is 20.0. The highest BCUT2D eigenvalue weighted by molar-refractivity contribution is 6.16. The van der Waals surface area contributed by atoms with Crippen LogP contribution in [0.15, 0.2) is 60.7 Å². The van der Waals surface area contributed by atoms with Crippen LogP contribution in [-0.2, 0) is 11.2 Å². The molecule has 4 nitrogen and oxygen atoms in total. The monoisotopic (exact) mass is 383 g/mol. The van der Waals surface area contributed by atoms with Gasteiger partial charge in [0.25, 0.3) is 0 Å². The second kappa shape index (κ2) is 6.89. The Labute approximate surface area is 168 Å². The SMILES string of the molecule is COC(=O)c1cccc2[nH]c3c(c12)C(=O)CCC3Cc1cccc2ccccc12. The molecule has 5 rings (SSSR count). The van der Waals surface area contributed by atoms with Crippen molar-refractivity contribution in [3.63, 3.8) is 0 Å². The van der Waals surface area contributed by atoms with Crippen molar-refractivity contribution in [2.24, 2.45) is 0 Å². The Morgan fingerprint density at radius 1 is 1.07 bits per heavy atom. The van der Waals surface area contributed by atoms with Gasteiger partial charge in [-0.05, 0) is 41.3 Å². The van der Waals surface area contributed by atoms with Crippen molar-refractivity contribution in [1.82, 2.24) is 4.98 Å². The van der Waals surface area contributed by atoms with Gasteiger partial charge in [-0.2, -0.15) is 0 Å². The predicted octanol–water partition coefficient (Wildman–Crippen LogP) is 5.41. The summed E-state index contributed by atoms with van der Waals surface area (Å²) in [6.07, 6.45) is 2.14. The molecular weight excluding hydrogens is 362 g/mol. The first-order valence-corrected chi connectivity index (χ1v) is 9.90. The predicted molar refractivity (Wildman–Crippen MR) is 114 cm³/mol. The lowest BCUT2D eigenvalue weighted by atomic mass is 9.81. The van der Waals surface area contributed by atoms with E-state index in [1.807, 2.05) is 12.1 Å². The van der Waals surface area contributed by atoms with E-state index in [2.05, 4.69) is 47.4 Å². The average Bonchev–Trinajstić information content (AvgIpc) is 3.16. The van der Waals surface area contributed by atoms with Crippen LogP contribution in [0, 0.1) is 0 Å². The van der Waals surface area contributed by atoms with Crippen LogP contribution in [0.1, 0.15) is 50.7 Å². The fourth-order valence-electron chi connectivity index (χ4n) is 4.66. The minimum Gasteiger partial charge on any atom is -0.465 e. The first-order chi connectivity index (χ1) is 14.2. The van der Waals surface area contributed by atoms with E-state index < -0.39 is 5.97 Å². The minimum absolute atomic E-state index is 0.0942. The van der Waals surface area contributed by atoms with E-state index in [0.29, 0.717) is 22.9 Å². The summed E-state index contributed by atoms with van der Waals surface area (Å²) >= 11 is 0. The Kier molecular flexibility index (Phi) is 4.20. The minimum atomic E-state index is -0.415.